The zero-order valence-electron chi connectivity index (χ0n) is 13.5. The van der Waals surface area contributed by atoms with Gasteiger partial charge >= 0.3 is 5.97 Å². The highest BCUT2D eigenvalue weighted by molar-refractivity contribution is 5.87. The Hall–Kier alpha value is -3.45. The molecule has 4 nitrogen and oxygen atoms in total. The van der Waals surface area contributed by atoms with Crippen LogP contribution in [0.1, 0.15) is 33.1 Å². The van der Waals surface area contributed by atoms with E-state index in [9.17, 15) is 4.79 Å². The first-order valence-corrected chi connectivity index (χ1v) is 7.89. The molecule has 3 aromatic rings. The van der Waals surface area contributed by atoms with Gasteiger partial charge in [0.25, 0.3) is 0 Å². The molecule has 122 valence electrons. The van der Waals surface area contributed by atoms with Gasteiger partial charge in [0.05, 0.1) is 0 Å². The van der Waals surface area contributed by atoms with Gasteiger partial charge in [0.15, 0.2) is 6.61 Å². The minimum atomic E-state index is -0.593. The fraction of sp³-hybridized carbons (Fsp3) is 0.0952. The van der Waals surface area contributed by atoms with Crippen LogP contribution in [0.4, 0.5) is 0 Å². The molecular formula is C21H16N2O2. The van der Waals surface area contributed by atoms with Gasteiger partial charge in [0.2, 0.25) is 0 Å². The van der Waals surface area contributed by atoms with Gasteiger partial charge in [-0.2, -0.15) is 5.26 Å². The molecule has 0 aliphatic rings. The van der Waals surface area contributed by atoms with Crippen molar-refractivity contribution in [2.24, 2.45) is 0 Å². The Morgan fingerprint density at radius 1 is 0.920 bits per heavy atom. The van der Waals surface area contributed by atoms with Crippen molar-refractivity contribution in [3.8, 4) is 6.07 Å². The van der Waals surface area contributed by atoms with E-state index in [1.54, 1.807) is 18.3 Å². The van der Waals surface area contributed by atoms with Crippen LogP contribution in [0, 0.1) is 11.3 Å². The smallest absolute Gasteiger partial charge is 0.357 e. The van der Waals surface area contributed by atoms with Gasteiger partial charge in [-0.05, 0) is 22.8 Å². The number of carbonyl (C=O) groups is 1. The van der Waals surface area contributed by atoms with Gasteiger partial charge < -0.3 is 4.74 Å². The molecule has 25 heavy (non-hydrogen) atoms. The summed E-state index contributed by atoms with van der Waals surface area (Å²) >= 11 is 0. The van der Waals surface area contributed by atoms with Crippen molar-refractivity contribution >= 4 is 5.97 Å². The fourth-order valence-electron chi connectivity index (χ4n) is 2.74. The van der Waals surface area contributed by atoms with Gasteiger partial charge in [0.1, 0.15) is 11.8 Å². The van der Waals surface area contributed by atoms with Crippen molar-refractivity contribution in [3.63, 3.8) is 0 Å². The molecule has 0 radical (unpaired) electrons. The Balaban J connectivity index is 1.95. The third-order valence-corrected chi connectivity index (χ3v) is 3.86. The third kappa shape index (κ3) is 3.91. The number of pyridine rings is 1. The van der Waals surface area contributed by atoms with Gasteiger partial charge in [-0.25, -0.2) is 9.78 Å². The average molecular weight is 328 g/mol. The molecule has 0 unspecified atom stereocenters. The minimum Gasteiger partial charge on any atom is -0.446 e. The summed E-state index contributed by atoms with van der Waals surface area (Å²) in [5.41, 5.74) is 3.47. The number of benzene rings is 2. The van der Waals surface area contributed by atoms with Crippen molar-refractivity contribution in [1.29, 1.82) is 5.26 Å². The van der Waals surface area contributed by atoms with E-state index in [0.717, 1.165) is 16.7 Å². The lowest BCUT2D eigenvalue weighted by molar-refractivity contribution is 0.0548. The number of rotatable bonds is 5. The Morgan fingerprint density at radius 3 is 2.00 bits per heavy atom. The second-order valence-corrected chi connectivity index (χ2v) is 5.47. The van der Waals surface area contributed by atoms with Crippen LogP contribution in [0.25, 0.3) is 0 Å². The van der Waals surface area contributed by atoms with Crippen LogP contribution in [0.2, 0.25) is 0 Å². The zero-order chi connectivity index (χ0) is 17.5. The number of aromatic nitrogens is 1. The minimum absolute atomic E-state index is 0.0269. The van der Waals surface area contributed by atoms with Crippen molar-refractivity contribution in [3.05, 3.63) is 101 Å². The largest absolute Gasteiger partial charge is 0.446 e. The van der Waals surface area contributed by atoms with Crippen molar-refractivity contribution in [2.75, 3.05) is 6.61 Å². The molecule has 3 rings (SSSR count). The van der Waals surface area contributed by atoms with Crippen LogP contribution >= 0.6 is 0 Å². The molecule has 1 aromatic heterocycles. The predicted molar refractivity (Wildman–Crippen MR) is 94.0 cm³/mol. The number of ether oxygens (including phenoxy) is 1. The van der Waals surface area contributed by atoms with Crippen LogP contribution in [-0.2, 0) is 4.74 Å². The molecule has 2 aromatic carbocycles. The summed E-state index contributed by atoms with van der Waals surface area (Å²) in [5.74, 6) is -0.567. The van der Waals surface area contributed by atoms with E-state index in [0.29, 0.717) is 0 Å². The molecule has 0 bridgehead atoms. The maximum absolute atomic E-state index is 11.8. The molecule has 1 heterocycles. The lowest BCUT2D eigenvalue weighted by atomic mass is 9.86. The van der Waals surface area contributed by atoms with Gasteiger partial charge in [-0.15, -0.1) is 0 Å². The zero-order valence-corrected chi connectivity index (χ0v) is 13.5. The van der Waals surface area contributed by atoms with Crippen LogP contribution in [-0.4, -0.2) is 17.6 Å². The highest BCUT2D eigenvalue weighted by Gasteiger charge is 2.18. The van der Waals surface area contributed by atoms with Crippen molar-refractivity contribution in [2.45, 2.75) is 5.92 Å². The Kier molecular flexibility index (Phi) is 5.18. The molecule has 0 spiro atoms. The number of carbonyl (C=O) groups excluding carboxylic acids is 1. The van der Waals surface area contributed by atoms with Crippen LogP contribution < -0.4 is 0 Å². The first-order valence-electron chi connectivity index (χ1n) is 7.89. The highest BCUT2D eigenvalue weighted by Crippen LogP contribution is 2.31. The molecule has 0 aliphatic heterocycles. The predicted octanol–water partition coefficient (Wildman–Crippen LogP) is 3.94. The monoisotopic (exact) mass is 328 g/mol. The van der Waals surface area contributed by atoms with Gasteiger partial charge in [-0.1, -0.05) is 66.7 Å². The summed E-state index contributed by atoms with van der Waals surface area (Å²) in [6, 6.07) is 25.6. The lowest BCUT2D eigenvalue weighted by Crippen LogP contribution is -2.09. The lowest BCUT2D eigenvalue weighted by Gasteiger charge is -2.18. The Labute approximate surface area is 146 Å². The SMILES string of the molecule is N#CCOC(=O)c1ccc(C(c2ccccc2)c2ccccc2)cn1. The topological polar surface area (TPSA) is 63.0 Å². The molecular weight excluding hydrogens is 312 g/mol. The second-order valence-electron chi connectivity index (χ2n) is 5.47. The van der Waals surface area contributed by atoms with Crippen molar-refractivity contribution < 1.29 is 9.53 Å². The summed E-state index contributed by atoms with van der Waals surface area (Å²) in [6.07, 6.45) is 1.69. The van der Waals surface area contributed by atoms with Crippen LogP contribution in [0.3, 0.4) is 0 Å². The van der Waals surface area contributed by atoms with E-state index in [1.165, 1.54) is 0 Å². The number of nitrogens with zero attached hydrogens (tertiary/aromatic N) is 2. The highest BCUT2D eigenvalue weighted by atomic mass is 16.5. The van der Waals surface area contributed by atoms with Crippen molar-refractivity contribution in [1.82, 2.24) is 4.98 Å². The molecule has 0 N–H and O–H groups in total. The van der Waals surface area contributed by atoms with Crippen LogP contribution in [0.5, 0.6) is 0 Å². The summed E-state index contributed by atoms with van der Waals surface area (Å²) in [6.45, 7) is -0.279. The van der Waals surface area contributed by atoms with E-state index in [1.807, 2.05) is 42.5 Å². The van der Waals surface area contributed by atoms with E-state index in [-0.39, 0.29) is 18.2 Å². The molecule has 0 fully saturated rings. The molecule has 0 saturated heterocycles. The van der Waals surface area contributed by atoms with Gasteiger partial charge in [0, 0.05) is 12.1 Å². The summed E-state index contributed by atoms with van der Waals surface area (Å²) in [7, 11) is 0. The first kappa shape index (κ1) is 16.4. The fourth-order valence-corrected chi connectivity index (χ4v) is 2.74. The number of hydrogen-bond acceptors (Lipinski definition) is 4. The van der Waals surface area contributed by atoms with E-state index in [2.05, 4.69) is 29.2 Å². The second kappa shape index (κ2) is 7.89. The van der Waals surface area contributed by atoms with Crippen LogP contribution in [0.15, 0.2) is 79.0 Å². The summed E-state index contributed by atoms with van der Waals surface area (Å²) in [4.78, 5) is 16.0. The quantitative estimate of drug-likeness (QED) is 0.665. The Bertz CT molecular complexity index is 830. The van der Waals surface area contributed by atoms with E-state index in [4.69, 9.17) is 10.00 Å². The molecule has 4 heteroatoms. The summed E-state index contributed by atoms with van der Waals surface area (Å²) in [5, 5.41) is 8.48. The number of hydrogen-bond donors (Lipinski definition) is 0. The third-order valence-electron chi connectivity index (χ3n) is 3.86. The molecule has 0 amide bonds. The standard InChI is InChI=1S/C21H16N2O2/c22-13-14-25-21(24)19-12-11-18(15-23-19)20(16-7-3-1-4-8-16)17-9-5-2-6-10-17/h1-12,15,20H,14H2. The molecule has 0 aliphatic carbocycles. The van der Waals surface area contributed by atoms with E-state index >= 15 is 0 Å². The number of esters is 1. The molecule has 0 saturated carbocycles. The first-order chi connectivity index (χ1) is 12.3. The number of nitriles is 1. The average Bonchev–Trinajstić information content (AvgIpc) is 2.68. The normalized spacial score (nSPS) is 10.2. The van der Waals surface area contributed by atoms with E-state index < -0.39 is 5.97 Å². The Morgan fingerprint density at radius 2 is 1.52 bits per heavy atom. The maximum Gasteiger partial charge on any atom is 0.357 e. The molecule has 0 atom stereocenters. The maximum atomic E-state index is 11.8. The van der Waals surface area contributed by atoms with Gasteiger partial charge in [-0.3, -0.25) is 0 Å². The summed E-state index contributed by atoms with van der Waals surface area (Å²) < 4.78 is 4.78.